The summed E-state index contributed by atoms with van der Waals surface area (Å²) in [5.41, 5.74) is 6.65. The summed E-state index contributed by atoms with van der Waals surface area (Å²) in [6.07, 6.45) is 8.73. The number of Topliss-reactive ketones (excluding diaryl/α,β-unsaturated/α-hetero) is 1. The lowest BCUT2D eigenvalue weighted by atomic mass is 9.94. The largest absolute Gasteiger partial charge is 0.469 e. The van der Waals surface area contributed by atoms with Crippen molar-refractivity contribution >= 4 is 29.1 Å². The van der Waals surface area contributed by atoms with Crippen LogP contribution >= 0.6 is 11.6 Å². The van der Waals surface area contributed by atoms with Crippen LogP contribution in [0.3, 0.4) is 0 Å². The van der Waals surface area contributed by atoms with Crippen LogP contribution in [0.1, 0.15) is 41.5 Å². The fourth-order valence-electron chi connectivity index (χ4n) is 4.07. The van der Waals surface area contributed by atoms with Gasteiger partial charge in [-0.2, -0.15) is 0 Å². The molecule has 1 atom stereocenters. The molecular formula is C23H27ClN2O3. The molecule has 5 nitrogen and oxygen atoms in total. The van der Waals surface area contributed by atoms with Crippen LogP contribution in [0.15, 0.2) is 41.1 Å². The predicted octanol–water partition coefficient (Wildman–Crippen LogP) is 4.25. The quantitative estimate of drug-likeness (QED) is 0.410. The topological polar surface area (TPSA) is 51.5 Å². The number of ketones is 1. The van der Waals surface area contributed by atoms with Crippen LogP contribution in [0.4, 0.5) is 0 Å². The number of ether oxygens (including phenoxy) is 1. The van der Waals surface area contributed by atoms with E-state index in [9.17, 15) is 9.59 Å². The van der Waals surface area contributed by atoms with Crippen molar-refractivity contribution in [1.29, 1.82) is 0 Å². The molecule has 6 heteroatoms. The van der Waals surface area contributed by atoms with Crippen LogP contribution in [0.5, 0.6) is 0 Å². The van der Waals surface area contributed by atoms with Crippen LogP contribution in [-0.4, -0.2) is 47.5 Å². The van der Waals surface area contributed by atoms with E-state index >= 15 is 0 Å². The van der Waals surface area contributed by atoms with E-state index in [2.05, 4.69) is 10.6 Å². The van der Waals surface area contributed by atoms with Crippen LogP contribution in [-0.2, 0) is 9.53 Å². The number of aryl methyl sites for hydroxylation is 1. The molecule has 1 unspecified atom stereocenters. The van der Waals surface area contributed by atoms with Gasteiger partial charge in [-0.1, -0.05) is 17.3 Å². The van der Waals surface area contributed by atoms with Gasteiger partial charge < -0.3 is 9.30 Å². The van der Waals surface area contributed by atoms with Crippen molar-refractivity contribution in [2.24, 2.45) is 5.92 Å². The second-order valence-electron chi connectivity index (χ2n) is 7.57. The highest BCUT2D eigenvalue weighted by Crippen LogP contribution is 2.26. The fraction of sp³-hybridized carbons (Fsp3) is 0.435. The summed E-state index contributed by atoms with van der Waals surface area (Å²) in [5, 5.41) is 0.634. The minimum Gasteiger partial charge on any atom is -0.469 e. The van der Waals surface area contributed by atoms with Crippen molar-refractivity contribution in [3.8, 4) is 0 Å². The highest BCUT2D eigenvalue weighted by Gasteiger charge is 2.31. The maximum Gasteiger partial charge on any atom is 0.308 e. The van der Waals surface area contributed by atoms with Gasteiger partial charge in [0, 0.05) is 22.0 Å². The van der Waals surface area contributed by atoms with Crippen LogP contribution in [0.2, 0.25) is 0 Å². The van der Waals surface area contributed by atoms with E-state index in [1.54, 1.807) is 12.2 Å². The lowest BCUT2D eigenvalue weighted by Crippen LogP contribution is -2.45. The van der Waals surface area contributed by atoms with Crippen molar-refractivity contribution in [3.63, 3.8) is 0 Å². The Kier molecular flexibility index (Phi) is 6.63. The standard InChI is InChI=1S/C23H27ClN2O3/c1-15-14-21(16(2)26(15)20-7-5-6-19(24)8-9-20)22(27)17(3)25-12-10-18(11-13-25)23(28)29-4/h5-6,8-9,14,17-18H,10-13H2,1-4H3. The summed E-state index contributed by atoms with van der Waals surface area (Å²) >= 11 is 6.07. The second-order valence-corrected chi connectivity index (χ2v) is 8.01. The van der Waals surface area contributed by atoms with E-state index in [1.165, 1.54) is 7.11 Å². The molecule has 0 saturated carbocycles. The third kappa shape index (κ3) is 4.48. The third-order valence-corrected chi connectivity index (χ3v) is 6.05. The molecule has 0 radical (unpaired) electrons. The zero-order chi connectivity index (χ0) is 21.1. The number of piperidine rings is 1. The zero-order valence-electron chi connectivity index (χ0n) is 17.4. The molecule has 1 saturated heterocycles. The number of rotatable bonds is 5. The molecule has 2 aliphatic rings. The number of nitrogens with zero attached hydrogens (tertiary/aromatic N) is 2. The van der Waals surface area contributed by atoms with Gasteiger partial charge in [0.25, 0.3) is 0 Å². The van der Waals surface area contributed by atoms with Gasteiger partial charge in [0.05, 0.1) is 24.8 Å². The third-order valence-electron chi connectivity index (χ3n) is 5.80. The summed E-state index contributed by atoms with van der Waals surface area (Å²) in [4.78, 5) is 27.2. The number of halogens is 1. The molecule has 1 fully saturated rings. The monoisotopic (exact) mass is 414 g/mol. The zero-order valence-corrected chi connectivity index (χ0v) is 18.1. The molecule has 1 aromatic heterocycles. The van der Waals surface area contributed by atoms with Crippen molar-refractivity contribution < 1.29 is 14.3 Å². The number of hydrogen-bond donors (Lipinski definition) is 0. The molecule has 0 N–H and O–H groups in total. The van der Waals surface area contributed by atoms with Gasteiger partial charge in [0.1, 0.15) is 0 Å². The fourth-order valence-corrected chi connectivity index (χ4v) is 4.20. The Bertz CT molecular complexity index is 940. The number of esters is 1. The van der Waals surface area contributed by atoms with Gasteiger partial charge in [-0.25, -0.2) is 0 Å². The van der Waals surface area contributed by atoms with E-state index in [1.807, 2.05) is 43.6 Å². The highest BCUT2D eigenvalue weighted by atomic mass is 35.5. The van der Waals surface area contributed by atoms with E-state index < -0.39 is 0 Å². The molecule has 0 bridgehead atoms. The Morgan fingerprint density at radius 1 is 1.24 bits per heavy atom. The number of aromatic nitrogens is 1. The molecule has 3 rings (SSSR count). The van der Waals surface area contributed by atoms with Crippen LogP contribution in [0, 0.1) is 19.8 Å². The molecule has 0 aromatic carbocycles. The van der Waals surface area contributed by atoms with E-state index in [-0.39, 0.29) is 23.7 Å². The van der Waals surface area contributed by atoms with E-state index in [0.29, 0.717) is 18.1 Å². The van der Waals surface area contributed by atoms with Gasteiger partial charge in [0.15, 0.2) is 5.78 Å². The number of carbonyl (C=O) groups is 2. The SMILES string of the molecule is COC(=O)C1CCN(C(C)C(=O)c2cc(C)n(C3=C=CC=C(Cl)C=C3)c2C)CC1. The summed E-state index contributed by atoms with van der Waals surface area (Å²) in [5.74, 6) is -0.122. The van der Waals surface area contributed by atoms with Crippen molar-refractivity contribution in [2.75, 3.05) is 20.2 Å². The number of allylic oxidation sites excluding steroid dienone is 5. The Balaban J connectivity index is 1.78. The van der Waals surface area contributed by atoms with Gasteiger partial charge in [-0.15, -0.1) is 0 Å². The summed E-state index contributed by atoms with van der Waals surface area (Å²) in [7, 11) is 1.43. The maximum absolute atomic E-state index is 13.3. The van der Waals surface area contributed by atoms with Crippen LogP contribution in [0.25, 0.3) is 5.70 Å². The Morgan fingerprint density at radius 2 is 1.93 bits per heavy atom. The summed E-state index contributed by atoms with van der Waals surface area (Å²) < 4.78 is 6.88. The molecule has 1 aliphatic carbocycles. The number of methoxy groups -OCH3 is 1. The summed E-state index contributed by atoms with van der Waals surface area (Å²) in [6, 6.07) is 1.70. The molecule has 154 valence electrons. The van der Waals surface area contributed by atoms with Gasteiger partial charge >= 0.3 is 5.97 Å². The normalized spacial score (nSPS) is 18.8. The van der Waals surface area contributed by atoms with Gasteiger partial charge in [-0.05, 0) is 77.1 Å². The minimum atomic E-state index is -0.243. The van der Waals surface area contributed by atoms with E-state index in [4.69, 9.17) is 16.3 Å². The minimum absolute atomic E-state index is 0.0650. The maximum atomic E-state index is 13.3. The Morgan fingerprint density at radius 3 is 2.59 bits per heavy atom. The Labute approximate surface area is 177 Å². The number of hydrogen-bond acceptors (Lipinski definition) is 4. The molecule has 29 heavy (non-hydrogen) atoms. The van der Waals surface area contributed by atoms with Crippen molar-refractivity contribution in [2.45, 2.75) is 39.7 Å². The average Bonchev–Trinajstić information content (AvgIpc) is 2.88. The van der Waals surface area contributed by atoms with Crippen molar-refractivity contribution in [3.05, 3.63) is 58.1 Å². The first kappa shape index (κ1) is 21.4. The van der Waals surface area contributed by atoms with Gasteiger partial charge in [-0.3, -0.25) is 14.5 Å². The number of likely N-dealkylation sites (tertiary alicyclic amines) is 1. The Hall–Kier alpha value is -2.33. The smallest absolute Gasteiger partial charge is 0.308 e. The lowest BCUT2D eigenvalue weighted by molar-refractivity contribution is -0.147. The second kappa shape index (κ2) is 9.00. The average molecular weight is 415 g/mol. The first-order chi connectivity index (χ1) is 13.8. The molecule has 1 aliphatic heterocycles. The first-order valence-corrected chi connectivity index (χ1v) is 10.3. The van der Waals surface area contributed by atoms with E-state index in [0.717, 1.165) is 35.5 Å². The molecule has 0 amide bonds. The highest BCUT2D eigenvalue weighted by molar-refractivity contribution is 6.31. The predicted molar refractivity (Wildman–Crippen MR) is 115 cm³/mol. The molecule has 1 aromatic rings. The van der Waals surface area contributed by atoms with Crippen LogP contribution < -0.4 is 0 Å². The first-order valence-electron chi connectivity index (χ1n) is 9.89. The van der Waals surface area contributed by atoms with Crippen molar-refractivity contribution in [1.82, 2.24) is 9.47 Å². The lowest BCUT2D eigenvalue weighted by Gasteiger charge is -2.34. The number of carbonyl (C=O) groups excluding carboxylic acids is 2. The summed E-state index contributed by atoms with van der Waals surface area (Å²) in [6.45, 7) is 7.32. The van der Waals surface area contributed by atoms with Gasteiger partial charge in [0.2, 0.25) is 0 Å². The molecular weight excluding hydrogens is 388 g/mol. The molecule has 0 spiro atoms. The molecule has 2 heterocycles.